The number of rotatable bonds is 4. The Morgan fingerprint density at radius 2 is 1.88 bits per heavy atom. The molecule has 0 spiro atoms. The molecule has 1 aromatic carbocycles. The molecule has 0 unspecified atom stereocenters. The number of thioether (sulfide) groups is 1. The zero-order chi connectivity index (χ0) is 16.8. The second-order valence-corrected chi connectivity index (χ2v) is 7.15. The van der Waals surface area contributed by atoms with Gasteiger partial charge in [-0.25, -0.2) is 9.98 Å². The van der Waals surface area contributed by atoms with E-state index in [2.05, 4.69) is 11.2 Å². The highest BCUT2D eigenvalue weighted by Crippen LogP contribution is 2.32. The number of halogens is 1. The van der Waals surface area contributed by atoms with Crippen LogP contribution in [-0.4, -0.2) is 22.4 Å². The molecule has 3 rings (SSSR count). The summed E-state index contributed by atoms with van der Waals surface area (Å²) in [7, 11) is 0. The molecule has 0 saturated heterocycles. The van der Waals surface area contributed by atoms with Gasteiger partial charge in [-0.3, -0.25) is 0 Å². The van der Waals surface area contributed by atoms with Gasteiger partial charge < -0.3 is 4.74 Å². The topological polar surface area (TPSA) is 34.5 Å². The monoisotopic (exact) mass is 360 g/mol. The number of nitrogens with zero attached hydrogens (tertiary/aromatic N) is 2. The van der Waals surface area contributed by atoms with Crippen molar-refractivity contribution in [2.75, 3.05) is 6.26 Å². The summed E-state index contributed by atoms with van der Waals surface area (Å²) in [6, 6.07) is 13.5. The lowest BCUT2D eigenvalue weighted by Crippen LogP contribution is -2.27. The third kappa shape index (κ3) is 4.74. The van der Waals surface area contributed by atoms with Crippen molar-refractivity contribution in [3.8, 4) is 5.88 Å². The van der Waals surface area contributed by atoms with Crippen LogP contribution in [0.4, 0.5) is 5.69 Å². The van der Waals surface area contributed by atoms with Crippen LogP contribution in [0.25, 0.3) is 0 Å². The fourth-order valence-electron chi connectivity index (χ4n) is 2.96. The molecule has 1 saturated carbocycles. The molecule has 0 N–H and O–H groups in total. The fourth-order valence-corrected chi connectivity index (χ4v) is 3.85. The van der Waals surface area contributed by atoms with Gasteiger partial charge in [0, 0.05) is 23.2 Å². The summed E-state index contributed by atoms with van der Waals surface area (Å²) in [6.07, 6.45) is 8.42. The van der Waals surface area contributed by atoms with Crippen LogP contribution in [0.3, 0.4) is 0 Å². The predicted octanol–water partition coefficient (Wildman–Crippen LogP) is 5.77. The second-order valence-electron chi connectivity index (χ2n) is 5.89. The number of pyridine rings is 1. The van der Waals surface area contributed by atoms with Crippen molar-refractivity contribution in [1.82, 2.24) is 4.98 Å². The van der Waals surface area contributed by atoms with Crippen LogP contribution >= 0.6 is 23.4 Å². The van der Waals surface area contributed by atoms with E-state index in [4.69, 9.17) is 21.3 Å². The Morgan fingerprint density at radius 1 is 1.12 bits per heavy atom. The number of hydrogen-bond donors (Lipinski definition) is 0. The highest BCUT2D eigenvalue weighted by atomic mass is 35.5. The van der Waals surface area contributed by atoms with Crippen LogP contribution in [0.1, 0.15) is 25.7 Å². The maximum Gasteiger partial charge on any atom is 0.213 e. The van der Waals surface area contributed by atoms with Gasteiger partial charge in [0.05, 0.1) is 10.7 Å². The normalized spacial score (nSPS) is 21.5. The first-order valence-corrected chi connectivity index (χ1v) is 9.80. The van der Waals surface area contributed by atoms with E-state index >= 15 is 0 Å². The van der Waals surface area contributed by atoms with Crippen LogP contribution < -0.4 is 4.74 Å². The zero-order valence-electron chi connectivity index (χ0n) is 13.7. The average Bonchev–Trinajstić information content (AvgIpc) is 2.63. The summed E-state index contributed by atoms with van der Waals surface area (Å²) >= 11 is 7.69. The highest BCUT2D eigenvalue weighted by Gasteiger charge is 2.26. The summed E-state index contributed by atoms with van der Waals surface area (Å²) in [5, 5.41) is 1.94. The molecule has 1 heterocycles. The summed E-state index contributed by atoms with van der Waals surface area (Å²) in [5.74, 6) is 1.24. The molecule has 126 valence electrons. The molecule has 5 heteroatoms. The maximum absolute atomic E-state index is 5.98. The van der Waals surface area contributed by atoms with Crippen molar-refractivity contribution < 1.29 is 4.74 Å². The summed E-state index contributed by atoms with van der Waals surface area (Å²) in [4.78, 5) is 9.06. The summed E-state index contributed by atoms with van der Waals surface area (Å²) in [5.41, 5.74) is 0.968. The van der Waals surface area contributed by atoms with Crippen LogP contribution in [-0.2, 0) is 0 Å². The highest BCUT2D eigenvalue weighted by molar-refractivity contribution is 8.13. The Balaban J connectivity index is 1.59. The van der Waals surface area contributed by atoms with E-state index in [1.165, 1.54) is 5.04 Å². The minimum absolute atomic E-state index is 0.259. The van der Waals surface area contributed by atoms with E-state index < -0.39 is 0 Å². The average molecular weight is 361 g/mol. The van der Waals surface area contributed by atoms with Gasteiger partial charge in [-0.15, -0.1) is 11.8 Å². The van der Waals surface area contributed by atoms with Gasteiger partial charge >= 0.3 is 0 Å². The maximum atomic E-state index is 5.98. The first kappa shape index (κ1) is 17.3. The molecule has 1 aliphatic rings. The number of aliphatic imine (C=N–C) groups is 1. The molecule has 2 aromatic rings. The summed E-state index contributed by atoms with van der Waals surface area (Å²) in [6.45, 7) is 0. The van der Waals surface area contributed by atoms with E-state index in [0.29, 0.717) is 5.92 Å². The van der Waals surface area contributed by atoms with Crippen LogP contribution in [0.2, 0.25) is 5.02 Å². The lowest BCUT2D eigenvalue weighted by molar-refractivity contribution is 0.139. The Kier molecular flexibility index (Phi) is 6.16. The standard InChI is InChI=1S/C19H21ClN2OS/c1-24-19(22-16-9-7-15(20)8-10-16)14-5-11-17(12-6-14)23-18-4-2-3-13-21-18/h2-4,7-10,13-14,17H,5-6,11-12H2,1H3. The van der Waals surface area contributed by atoms with Gasteiger partial charge in [-0.05, 0) is 62.3 Å². The Hall–Kier alpha value is -1.52. The smallest absolute Gasteiger partial charge is 0.213 e. The van der Waals surface area contributed by atoms with Crippen LogP contribution in [0.15, 0.2) is 53.7 Å². The predicted molar refractivity (Wildman–Crippen MR) is 103 cm³/mol. The third-order valence-corrected chi connectivity index (χ3v) is 5.32. The van der Waals surface area contributed by atoms with Crippen LogP contribution in [0, 0.1) is 5.92 Å². The van der Waals surface area contributed by atoms with Crippen molar-refractivity contribution in [1.29, 1.82) is 0 Å². The third-order valence-electron chi connectivity index (χ3n) is 4.22. The van der Waals surface area contributed by atoms with E-state index in [1.54, 1.807) is 18.0 Å². The SMILES string of the molecule is CSC(=Nc1ccc(Cl)cc1)C1CCC(Oc2ccccn2)CC1. The van der Waals surface area contributed by atoms with Crippen molar-refractivity contribution in [2.24, 2.45) is 10.9 Å². The lowest BCUT2D eigenvalue weighted by atomic mass is 9.88. The number of aromatic nitrogens is 1. The number of benzene rings is 1. The molecule has 3 nitrogen and oxygen atoms in total. The van der Waals surface area contributed by atoms with Crippen molar-refractivity contribution >= 4 is 34.1 Å². The molecular weight excluding hydrogens is 340 g/mol. The molecular formula is C19H21ClN2OS. The van der Waals surface area contributed by atoms with Gasteiger partial charge in [-0.1, -0.05) is 17.7 Å². The second kappa shape index (κ2) is 8.54. The van der Waals surface area contributed by atoms with Gasteiger partial charge in [0.15, 0.2) is 0 Å². The first-order valence-electron chi connectivity index (χ1n) is 8.20. The molecule has 0 bridgehead atoms. The van der Waals surface area contributed by atoms with Crippen LogP contribution in [0.5, 0.6) is 5.88 Å². The van der Waals surface area contributed by atoms with Gasteiger partial charge in [0.1, 0.15) is 6.10 Å². The molecule has 1 aromatic heterocycles. The molecule has 1 fully saturated rings. The summed E-state index contributed by atoms with van der Waals surface area (Å²) < 4.78 is 5.98. The minimum Gasteiger partial charge on any atom is -0.474 e. The van der Waals surface area contributed by atoms with E-state index in [-0.39, 0.29) is 6.10 Å². The largest absolute Gasteiger partial charge is 0.474 e. The van der Waals surface area contributed by atoms with Gasteiger partial charge in [0.2, 0.25) is 5.88 Å². The first-order chi connectivity index (χ1) is 11.7. The van der Waals surface area contributed by atoms with Crippen molar-refractivity contribution in [3.63, 3.8) is 0 Å². The molecule has 1 aliphatic carbocycles. The molecule has 0 aliphatic heterocycles. The fraction of sp³-hybridized carbons (Fsp3) is 0.368. The zero-order valence-corrected chi connectivity index (χ0v) is 15.3. The molecule has 0 atom stereocenters. The quantitative estimate of drug-likeness (QED) is 0.513. The number of hydrogen-bond acceptors (Lipinski definition) is 4. The van der Waals surface area contributed by atoms with E-state index in [1.807, 2.05) is 42.5 Å². The molecule has 24 heavy (non-hydrogen) atoms. The molecule has 0 radical (unpaired) electrons. The Morgan fingerprint density at radius 3 is 2.50 bits per heavy atom. The van der Waals surface area contributed by atoms with Crippen molar-refractivity contribution in [2.45, 2.75) is 31.8 Å². The Bertz CT molecular complexity index is 668. The van der Waals surface area contributed by atoms with Gasteiger partial charge in [-0.2, -0.15) is 0 Å². The van der Waals surface area contributed by atoms with Crippen molar-refractivity contribution in [3.05, 3.63) is 53.7 Å². The van der Waals surface area contributed by atoms with E-state index in [9.17, 15) is 0 Å². The minimum atomic E-state index is 0.259. The van der Waals surface area contributed by atoms with E-state index in [0.717, 1.165) is 42.3 Å². The molecule has 0 amide bonds. The van der Waals surface area contributed by atoms with Gasteiger partial charge in [0.25, 0.3) is 0 Å². The number of ether oxygens (including phenoxy) is 1. The lowest BCUT2D eigenvalue weighted by Gasteiger charge is -2.29. The Labute approximate surface area is 152 Å².